The molecule has 140 valence electrons. The molecule has 0 spiro atoms. The maximum absolute atomic E-state index is 11.4. The van der Waals surface area contributed by atoms with E-state index in [0.717, 1.165) is 63.8 Å². The van der Waals surface area contributed by atoms with Crippen LogP contribution in [0.25, 0.3) is 0 Å². The van der Waals surface area contributed by atoms with E-state index in [2.05, 4.69) is 31.0 Å². The van der Waals surface area contributed by atoms with Gasteiger partial charge in [-0.15, -0.1) is 24.0 Å². The molecule has 24 heavy (non-hydrogen) atoms. The fourth-order valence-electron chi connectivity index (χ4n) is 3.27. The van der Waals surface area contributed by atoms with Gasteiger partial charge in [0.2, 0.25) is 5.91 Å². The number of carbonyl (C=O) groups is 1. The van der Waals surface area contributed by atoms with Crippen molar-refractivity contribution in [2.45, 2.75) is 45.3 Å². The van der Waals surface area contributed by atoms with Crippen molar-refractivity contribution < 1.29 is 4.79 Å². The number of piperidine rings is 1. The van der Waals surface area contributed by atoms with Crippen molar-refractivity contribution in [3.05, 3.63) is 0 Å². The summed E-state index contributed by atoms with van der Waals surface area (Å²) in [6, 6.07) is 0. The van der Waals surface area contributed by atoms with Crippen molar-refractivity contribution in [2.24, 2.45) is 10.9 Å². The SMILES string of the molecule is CCNC(=NCC1CCN(C(C)=O)CC1)N1CCSC(C)(C)C1.I. The minimum Gasteiger partial charge on any atom is -0.357 e. The zero-order chi connectivity index (χ0) is 16.9. The molecule has 0 unspecified atom stereocenters. The van der Waals surface area contributed by atoms with Gasteiger partial charge in [0.25, 0.3) is 0 Å². The predicted octanol–water partition coefficient (Wildman–Crippen LogP) is 2.66. The topological polar surface area (TPSA) is 47.9 Å². The Morgan fingerprint density at radius 3 is 2.46 bits per heavy atom. The second-order valence-electron chi connectivity index (χ2n) is 7.17. The fraction of sp³-hybridized carbons (Fsp3) is 0.882. The summed E-state index contributed by atoms with van der Waals surface area (Å²) in [6.45, 7) is 14.1. The molecule has 0 aromatic rings. The Morgan fingerprint density at radius 2 is 1.92 bits per heavy atom. The quantitative estimate of drug-likeness (QED) is 0.393. The van der Waals surface area contributed by atoms with Crippen LogP contribution in [0.2, 0.25) is 0 Å². The molecule has 1 N–H and O–H groups in total. The summed E-state index contributed by atoms with van der Waals surface area (Å²) in [5.41, 5.74) is 0. The average Bonchev–Trinajstić information content (AvgIpc) is 2.50. The molecule has 2 heterocycles. The van der Waals surface area contributed by atoms with Crippen LogP contribution in [-0.2, 0) is 4.79 Å². The van der Waals surface area contributed by atoms with Crippen molar-refractivity contribution in [2.75, 3.05) is 45.0 Å². The van der Waals surface area contributed by atoms with Gasteiger partial charge in [-0.3, -0.25) is 9.79 Å². The minimum absolute atomic E-state index is 0. The number of aliphatic imine (C=N–C) groups is 1. The van der Waals surface area contributed by atoms with Crippen LogP contribution in [0, 0.1) is 5.92 Å². The Morgan fingerprint density at radius 1 is 1.25 bits per heavy atom. The number of amides is 1. The molecular formula is C17H33IN4OS. The van der Waals surface area contributed by atoms with Crippen LogP contribution in [0.5, 0.6) is 0 Å². The molecule has 5 nitrogen and oxygen atoms in total. The molecule has 0 aromatic carbocycles. The van der Waals surface area contributed by atoms with E-state index in [1.54, 1.807) is 6.92 Å². The third-order valence-corrected chi connectivity index (χ3v) is 5.92. The number of nitrogens with zero attached hydrogens (tertiary/aromatic N) is 3. The van der Waals surface area contributed by atoms with Crippen molar-refractivity contribution >= 4 is 47.6 Å². The van der Waals surface area contributed by atoms with Crippen molar-refractivity contribution in [1.82, 2.24) is 15.1 Å². The van der Waals surface area contributed by atoms with Gasteiger partial charge in [0, 0.05) is 56.7 Å². The van der Waals surface area contributed by atoms with Crippen LogP contribution in [-0.4, -0.2) is 71.4 Å². The number of nitrogens with one attached hydrogen (secondary N) is 1. The Balaban J connectivity index is 0.00000288. The van der Waals surface area contributed by atoms with Crippen LogP contribution >= 0.6 is 35.7 Å². The minimum atomic E-state index is 0. The average molecular weight is 468 g/mol. The van der Waals surface area contributed by atoms with E-state index in [0.29, 0.717) is 10.7 Å². The standard InChI is InChI=1S/C17H32N4OS.HI/c1-5-18-16(21-10-11-23-17(3,4)13-21)19-12-15-6-8-20(9-7-15)14(2)22;/h15H,5-13H2,1-4H3,(H,18,19);1H. The lowest BCUT2D eigenvalue weighted by Gasteiger charge is -2.39. The van der Waals surface area contributed by atoms with E-state index in [-0.39, 0.29) is 29.9 Å². The van der Waals surface area contributed by atoms with E-state index < -0.39 is 0 Å². The predicted molar refractivity (Wildman–Crippen MR) is 114 cm³/mol. The lowest BCUT2D eigenvalue weighted by atomic mass is 9.97. The molecule has 2 saturated heterocycles. The number of thioether (sulfide) groups is 1. The maximum atomic E-state index is 11.4. The Hall–Kier alpha value is -0.180. The Bertz CT molecular complexity index is 436. The lowest BCUT2D eigenvalue weighted by molar-refractivity contribution is -0.130. The molecule has 2 aliphatic heterocycles. The molecule has 0 saturated carbocycles. The van der Waals surface area contributed by atoms with E-state index in [9.17, 15) is 4.79 Å². The highest BCUT2D eigenvalue weighted by atomic mass is 127. The van der Waals surface area contributed by atoms with E-state index in [1.165, 1.54) is 0 Å². The third-order valence-electron chi connectivity index (χ3n) is 4.62. The number of hydrogen-bond donors (Lipinski definition) is 1. The molecule has 2 fully saturated rings. The van der Waals surface area contributed by atoms with Crippen molar-refractivity contribution in [1.29, 1.82) is 0 Å². The highest BCUT2D eigenvalue weighted by Crippen LogP contribution is 2.29. The largest absolute Gasteiger partial charge is 0.357 e. The number of rotatable bonds is 3. The molecule has 0 aromatic heterocycles. The number of carbonyl (C=O) groups excluding carboxylic acids is 1. The van der Waals surface area contributed by atoms with Crippen LogP contribution in [0.4, 0.5) is 0 Å². The summed E-state index contributed by atoms with van der Waals surface area (Å²) in [5.74, 6) is 3.03. The molecular weight excluding hydrogens is 435 g/mol. The highest BCUT2D eigenvalue weighted by Gasteiger charge is 2.29. The Kier molecular flexibility index (Phi) is 9.19. The highest BCUT2D eigenvalue weighted by molar-refractivity contribution is 14.0. The van der Waals surface area contributed by atoms with Gasteiger partial charge in [-0.1, -0.05) is 0 Å². The molecule has 0 bridgehead atoms. The first-order valence-corrected chi connectivity index (χ1v) is 9.82. The summed E-state index contributed by atoms with van der Waals surface area (Å²) in [4.78, 5) is 20.7. The Labute approximate surface area is 168 Å². The maximum Gasteiger partial charge on any atom is 0.219 e. The van der Waals surface area contributed by atoms with Crippen LogP contribution in [0.3, 0.4) is 0 Å². The summed E-state index contributed by atoms with van der Waals surface area (Å²) in [7, 11) is 0. The second-order valence-corrected chi connectivity index (χ2v) is 8.98. The first-order chi connectivity index (χ1) is 10.9. The number of hydrogen-bond acceptors (Lipinski definition) is 3. The van der Waals surface area contributed by atoms with Gasteiger partial charge >= 0.3 is 0 Å². The summed E-state index contributed by atoms with van der Waals surface area (Å²) < 4.78 is 0.293. The number of halogens is 1. The molecule has 1 amide bonds. The molecule has 2 aliphatic rings. The molecule has 0 atom stereocenters. The molecule has 7 heteroatoms. The van der Waals surface area contributed by atoms with E-state index in [1.807, 2.05) is 16.7 Å². The first-order valence-electron chi connectivity index (χ1n) is 8.84. The van der Waals surface area contributed by atoms with E-state index >= 15 is 0 Å². The van der Waals surface area contributed by atoms with Gasteiger partial charge in [0.1, 0.15) is 0 Å². The molecule has 0 radical (unpaired) electrons. The summed E-state index contributed by atoms with van der Waals surface area (Å²) >= 11 is 2.05. The van der Waals surface area contributed by atoms with Gasteiger partial charge in [0.15, 0.2) is 5.96 Å². The monoisotopic (exact) mass is 468 g/mol. The van der Waals surface area contributed by atoms with Crippen LogP contribution in [0.1, 0.15) is 40.5 Å². The number of guanidine groups is 1. The number of likely N-dealkylation sites (tertiary alicyclic amines) is 1. The van der Waals surface area contributed by atoms with Crippen molar-refractivity contribution in [3.8, 4) is 0 Å². The smallest absolute Gasteiger partial charge is 0.219 e. The van der Waals surface area contributed by atoms with Gasteiger partial charge in [-0.25, -0.2) is 0 Å². The van der Waals surface area contributed by atoms with Gasteiger partial charge in [-0.05, 0) is 39.5 Å². The van der Waals surface area contributed by atoms with Crippen LogP contribution in [0.15, 0.2) is 4.99 Å². The van der Waals surface area contributed by atoms with Gasteiger partial charge in [0.05, 0.1) is 0 Å². The van der Waals surface area contributed by atoms with Crippen LogP contribution < -0.4 is 5.32 Å². The summed E-state index contributed by atoms with van der Waals surface area (Å²) in [5, 5.41) is 3.46. The molecule has 2 rings (SSSR count). The second kappa shape index (κ2) is 10.1. The third kappa shape index (κ3) is 6.61. The zero-order valence-electron chi connectivity index (χ0n) is 15.5. The van der Waals surface area contributed by atoms with Crippen molar-refractivity contribution in [3.63, 3.8) is 0 Å². The molecule has 0 aliphatic carbocycles. The van der Waals surface area contributed by atoms with Gasteiger partial charge < -0.3 is 15.1 Å². The zero-order valence-corrected chi connectivity index (χ0v) is 18.7. The van der Waals surface area contributed by atoms with E-state index in [4.69, 9.17) is 4.99 Å². The normalized spacial score (nSPS) is 22.1. The van der Waals surface area contributed by atoms with Gasteiger partial charge in [-0.2, -0.15) is 11.8 Å². The first kappa shape index (κ1) is 21.9. The summed E-state index contributed by atoms with van der Waals surface area (Å²) in [6.07, 6.45) is 2.15. The fourth-order valence-corrected chi connectivity index (χ4v) is 4.38. The lowest BCUT2D eigenvalue weighted by Crippen LogP contribution is -2.51.